The van der Waals surface area contributed by atoms with Gasteiger partial charge in [0.25, 0.3) is 0 Å². The number of aromatic nitrogens is 2. The molecule has 1 N–H and O–H groups in total. The molecule has 1 aromatic heterocycles. The van der Waals surface area contributed by atoms with E-state index < -0.39 is 0 Å². The fraction of sp³-hybridized carbons (Fsp3) is 0.500. The van der Waals surface area contributed by atoms with Crippen LogP contribution in [0.1, 0.15) is 19.7 Å². The van der Waals surface area contributed by atoms with E-state index in [-0.39, 0.29) is 13.4 Å². The van der Waals surface area contributed by atoms with Crippen LogP contribution in [0.15, 0.2) is 12.1 Å². The fourth-order valence-corrected chi connectivity index (χ4v) is 2.44. The van der Waals surface area contributed by atoms with Gasteiger partial charge in [-0.05, 0) is 5.92 Å². The summed E-state index contributed by atoms with van der Waals surface area (Å²) in [6.45, 7) is 5.24. The first-order chi connectivity index (χ1) is 9.19. The summed E-state index contributed by atoms with van der Waals surface area (Å²) in [6.07, 6.45) is 0.890. The van der Waals surface area contributed by atoms with Gasteiger partial charge in [-0.25, -0.2) is 4.98 Å². The van der Waals surface area contributed by atoms with Crippen molar-refractivity contribution in [3.05, 3.63) is 18.0 Å². The van der Waals surface area contributed by atoms with Gasteiger partial charge in [0.15, 0.2) is 11.5 Å². The van der Waals surface area contributed by atoms with E-state index in [0.29, 0.717) is 12.5 Å². The molecule has 2 heterocycles. The summed E-state index contributed by atoms with van der Waals surface area (Å²) in [7, 11) is 0. The standard InChI is InChI=1S/C14H18N2O3/c1-9(2)5-14-15-10-6-12-13(19-8-18-12)7-11(10)16(14)3-4-17/h6-7,9,17H,3-5,8H2,1-2H3. The number of fused-ring (bicyclic) bond motifs is 2. The van der Waals surface area contributed by atoms with Crippen LogP contribution in [0.3, 0.4) is 0 Å². The quantitative estimate of drug-likeness (QED) is 0.915. The SMILES string of the molecule is CC(C)Cc1nc2cc3c(cc2n1CCO)OCO3. The Bertz CT molecular complexity index is 604. The zero-order chi connectivity index (χ0) is 13.4. The molecule has 0 bridgehead atoms. The van der Waals surface area contributed by atoms with E-state index in [1.807, 2.05) is 12.1 Å². The Morgan fingerprint density at radius 2 is 2.05 bits per heavy atom. The zero-order valence-corrected chi connectivity index (χ0v) is 11.2. The van der Waals surface area contributed by atoms with Crippen LogP contribution in [-0.2, 0) is 13.0 Å². The van der Waals surface area contributed by atoms with Gasteiger partial charge in [0.2, 0.25) is 6.79 Å². The number of aliphatic hydroxyl groups is 1. The fourth-order valence-electron chi connectivity index (χ4n) is 2.44. The predicted octanol–water partition coefficient (Wildman–Crippen LogP) is 1.96. The monoisotopic (exact) mass is 262 g/mol. The summed E-state index contributed by atoms with van der Waals surface area (Å²) in [6, 6.07) is 3.86. The third-order valence-electron chi connectivity index (χ3n) is 3.24. The molecule has 5 nitrogen and oxygen atoms in total. The van der Waals surface area contributed by atoms with Crippen molar-refractivity contribution in [2.75, 3.05) is 13.4 Å². The van der Waals surface area contributed by atoms with E-state index in [0.717, 1.165) is 34.8 Å². The molecule has 1 aliphatic rings. The minimum Gasteiger partial charge on any atom is -0.454 e. The molecular weight excluding hydrogens is 244 g/mol. The molecule has 0 spiro atoms. The number of hydrogen-bond donors (Lipinski definition) is 1. The van der Waals surface area contributed by atoms with Gasteiger partial charge in [0.05, 0.1) is 17.6 Å². The molecule has 0 unspecified atom stereocenters. The van der Waals surface area contributed by atoms with Gasteiger partial charge in [-0.15, -0.1) is 0 Å². The third-order valence-corrected chi connectivity index (χ3v) is 3.24. The molecule has 0 saturated carbocycles. The molecule has 0 radical (unpaired) electrons. The van der Waals surface area contributed by atoms with E-state index in [1.165, 1.54) is 0 Å². The summed E-state index contributed by atoms with van der Waals surface area (Å²) in [5.74, 6) is 3.02. The van der Waals surface area contributed by atoms with Crippen molar-refractivity contribution in [2.45, 2.75) is 26.8 Å². The third kappa shape index (κ3) is 2.14. The van der Waals surface area contributed by atoms with Crippen molar-refractivity contribution in [1.29, 1.82) is 0 Å². The van der Waals surface area contributed by atoms with Crippen LogP contribution in [0.5, 0.6) is 11.5 Å². The molecule has 102 valence electrons. The van der Waals surface area contributed by atoms with Gasteiger partial charge >= 0.3 is 0 Å². The first kappa shape index (κ1) is 12.3. The number of rotatable bonds is 4. The van der Waals surface area contributed by atoms with Crippen LogP contribution < -0.4 is 9.47 Å². The van der Waals surface area contributed by atoms with Crippen molar-refractivity contribution >= 4 is 11.0 Å². The van der Waals surface area contributed by atoms with Crippen LogP contribution in [-0.4, -0.2) is 28.1 Å². The highest BCUT2D eigenvalue weighted by Gasteiger charge is 2.19. The van der Waals surface area contributed by atoms with E-state index in [9.17, 15) is 5.11 Å². The van der Waals surface area contributed by atoms with Crippen LogP contribution in [0, 0.1) is 5.92 Å². The van der Waals surface area contributed by atoms with Gasteiger partial charge in [-0.1, -0.05) is 13.8 Å². The van der Waals surface area contributed by atoms with Gasteiger partial charge < -0.3 is 19.1 Å². The molecule has 19 heavy (non-hydrogen) atoms. The van der Waals surface area contributed by atoms with Crippen molar-refractivity contribution < 1.29 is 14.6 Å². The minimum absolute atomic E-state index is 0.102. The molecule has 0 amide bonds. The largest absolute Gasteiger partial charge is 0.454 e. The lowest BCUT2D eigenvalue weighted by molar-refractivity contribution is 0.174. The molecule has 0 atom stereocenters. The lowest BCUT2D eigenvalue weighted by Gasteiger charge is -2.09. The van der Waals surface area contributed by atoms with Crippen molar-refractivity contribution in [2.24, 2.45) is 5.92 Å². The number of hydrogen-bond acceptors (Lipinski definition) is 4. The second-order valence-electron chi connectivity index (χ2n) is 5.20. The molecule has 5 heteroatoms. The number of imidazole rings is 1. The first-order valence-electron chi connectivity index (χ1n) is 6.58. The van der Waals surface area contributed by atoms with Crippen LogP contribution >= 0.6 is 0 Å². The van der Waals surface area contributed by atoms with Crippen molar-refractivity contribution in [1.82, 2.24) is 9.55 Å². The van der Waals surface area contributed by atoms with E-state index in [1.54, 1.807) is 0 Å². The summed E-state index contributed by atoms with van der Waals surface area (Å²) < 4.78 is 12.8. The van der Waals surface area contributed by atoms with Crippen molar-refractivity contribution in [3.63, 3.8) is 0 Å². The Labute approximate surface area is 111 Å². The van der Waals surface area contributed by atoms with E-state index >= 15 is 0 Å². The average molecular weight is 262 g/mol. The summed E-state index contributed by atoms with van der Waals surface area (Å²) in [4.78, 5) is 4.67. The molecular formula is C14H18N2O3. The summed E-state index contributed by atoms with van der Waals surface area (Å²) in [5, 5.41) is 9.24. The average Bonchev–Trinajstić information content (AvgIpc) is 2.92. The topological polar surface area (TPSA) is 56.5 Å². The Hall–Kier alpha value is -1.75. The molecule has 1 aromatic carbocycles. The Balaban J connectivity index is 2.13. The second-order valence-corrected chi connectivity index (χ2v) is 5.20. The molecule has 0 fully saturated rings. The predicted molar refractivity (Wildman–Crippen MR) is 71.5 cm³/mol. The molecule has 0 aliphatic carbocycles. The first-order valence-corrected chi connectivity index (χ1v) is 6.58. The lowest BCUT2D eigenvalue weighted by Crippen LogP contribution is -2.09. The van der Waals surface area contributed by atoms with Crippen LogP contribution in [0.2, 0.25) is 0 Å². The summed E-state index contributed by atoms with van der Waals surface area (Å²) in [5.41, 5.74) is 1.89. The van der Waals surface area contributed by atoms with E-state index in [2.05, 4.69) is 23.4 Å². The van der Waals surface area contributed by atoms with E-state index in [4.69, 9.17) is 9.47 Å². The number of nitrogens with zero attached hydrogens (tertiary/aromatic N) is 2. The smallest absolute Gasteiger partial charge is 0.231 e. The highest BCUT2D eigenvalue weighted by Crippen LogP contribution is 2.36. The van der Waals surface area contributed by atoms with Crippen molar-refractivity contribution in [3.8, 4) is 11.5 Å². The maximum Gasteiger partial charge on any atom is 0.231 e. The second kappa shape index (κ2) is 4.74. The maximum absolute atomic E-state index is 9.24. The lowest BCUT2D eigenvalue weighted by atomic mass is 10.1. The van der Waals surface area contributed by atoms with Crippen LogP contribution in [0.25, 0.3) is 11.0 Å². The highest BCUT2D eigenvalue weighted by atomic mass is 16.7. The highest BCUT2D eigenvalue weighted by molar-refractivity contribution is 5.81. The molecule has 0 saturated heterocycles. The molecule has 3 rings (SSSR count). The Kier molecular flexibility index (Phi) is 3.06. The Morgan fingerprint density at radius 1 is 1.32 bits per heavy atom. The number of aliphatic hydroxyl groups excluding tert-OH is 1. The van der Waals surface area contributed by atoms with Crippen LogP contribution in [0.4, 0.5) is 0 Å². The maximum atomic E-state index is 9.24. The Morgan fingerprint density at radius 3 is 2.74 bits per heavy atom. The number of ether oxygens (including phenoxy) is 2. The number of benzene rings is 1. The van der Waals surface area contributed by atoms with Gasteiger partial charge in [0, 0.05) is 25.1 Å². The summed E-state index contributed by atoms with van der Waals surface area (Å²) >= 11 is 0. The van der Waals surface area contributed by atoms with Gasteiger partial charge in [-0.2, -0.15) is 0 Å². The minimum atomic E-state index is 0.102. The van der Waals surface area contributed by atoms with Gasteiger partial charge in [-0.3, -0.25) is 0 Å². The molecule has 1 aliphatic heterocycles. The zero-order valence-electron chi connectivity index (χ0n) is 11.2. The van der Waals surface area contributed by atoms with Gasteiger partial charge in [0.1, 0.15) is 5.82 Å². The normalized spacial score (nSPS) is 13.7. The molecule has 2 aromatic rings.